The number of methoxy groups -OCH3 is 1. The highest BCUT2D eigenvalue weighted by Crippen LogP contribution is 2.30. The van der Waals surface area contributed by atoms with Crippen molar-refractivity contribution < 1.29 is 14.6 Å². The molecule has 1 aliphatic rings. The minimum atomic E-state index is -0.136. The maximum Gasteiger partial charge on any atom is 0.256 e. The van der Waals surface area contributed by atoms with E-state index < -0.39 is 0 Å². The molecule has 0 heterocycles. The van der Waals surface area contributed by atoms with E-state index in [0.717, 1.165) is 12.8 Å². The third-order valence-corrected chi connectivity index (χ3v) is 3.05. The number of carbonyl (C=O) groups is 1. The molecule has 5 heteroatoms. The monoisotopic (exact) mass is 250 g/mol. The van der Waals surface area contributed by atoms with Gasteiger partial charge in [-0.15, -0.1) is 0 Å². The number of carbonyl (C=O) groups excluding carboxylic acids is 1. The van der Waals surface area contributed by atoms with Gasteiger partial charge in [-0.3, -0.25) is 4.79 Å². The van der Waals surface area contributed by atoms with Gasteiger partial charge in [0.2, 0.25) is 0 Å². The summed E-state index contributed by atoms with van der Waals surface area (Å²) in [7, 11) is 1.61. The molecular weight excluding hydrogens is 232 g/mol. The van der Waals surface area contributed by atoms with E-state index in [0.29, 0.717) is 24.4 Å². The maximum absolute atomic E-state index is 12.4. The summed E-state index contributed by atoms with van der Waals surface area (Å²) in [5.74, 6) is -0.0852. The molecule has 0 unspecified atom stereocenters. The molecular formula is C13H18N2O3. The Labute approximate surface area is 106 Å². The van der Waals surface area contributed by atoms with Gasteiger partial charge in [0, 0.05) is 25.4 Å². The number of phenolic OH excluding ortho intramolecular Hbond substituents is 1. The molecule has 0 aromatic heterocycles. The number of nitrogens with zero attached hydrogens (tertiary/aromatic N) is 1. The first-order chi connectivity index (χ1) is 8.63. The summed E-state index contributed by atoms with van der Waals surface area (Å²) >= 11 is 0. The van der Waals surface area contributed by atoms with E-state index in [1.54, 1.807) is 18.1 Å². The standard InChI is InChI=1S/C13H18N2O3/c1-18-7-6-15(9-2-3-9)13(17)11-8-10(16)4-5-12(11)14/h4-5,8-9,16H,2-3,6-7,14H2,1H3. The van der Waals surface area contributed by atoms with Crippen molar-refractivity contribution in [1.29, 1.82) is 0 Å². The van der Waals surface area contributed by atoms with Gasteiger partial charge in [-0.1, -0.05) is 0 Å². The molecule has 0 saturated heterocycles. The Bertz CT molecular complexity index is 444. The second kappa shape index (κ2) is 5.27. The summed E-state index contributed by atoms with van der Waals surface area (Å²) in [6.45, 7) is 1.05. The SMILES string of the molecule is COCCN(C(=O)c1cc(O)ccc1N)C1CC1. The summed E-state index contributed by atoms with van der Waals surface area (Å²) in [4.78, 5) is 14.2. The lowest BCUT2D eigenvalue weighted by Gasteiger charge is -2.22. The molecule has 1 aromatic rings. The minimum Gasteiger partial charge on any atom is -0.508 e. The van der Waals surface area contributed by atoms with Crippen LogP contribution in [0.3, 0.4) is 0 Å². The number of nitrogen functional groups attached to an aromatic ring is 1. The zero-order valence-corrected chi connectivity index (χ0v) is 10.4. The number of amides is 1. The van der Waals surface area contributed by atoms with Gasteiger partial charge in [-0.2, -0.15) is 0 Å². The molecule has 1 fully saturated rings. The van der Waals surface area contributed by atoms with Crippen molar-refractivity contribution in [2.75, 3.05) is 26.0 Å². The molecule has 2 rings (SSSR count). The van der Waals surface area contributed by atoms with Crippen molar-refractivity contribution in [3.05, 3.63) is 23.8 Å². The molecule has 98 valence electrons. The van der Waals surface area contributed by atoms with Crippen LogP contribution in [-0.2, 0) is 4.74 Å². The van der Waals surface area contributed by atoms with Gasteiger partial charge in [0.25, 0.3) is 5.91 Å². The van der Waals surface area contributed by atoms with E-state index in [1.165, 1.54) is 12.1 Å². The van der Waals surface area contributed by atoms with Crippen molar-refractivity contribution in [3.8, 4) is 5.75 Å². The van der Waals surface area contributed by atoms with Crippen LogP contribution in [0.2, 0.25) is 0 Å². The van der Waals surface area contributed by atoms with Crippen molar-refractivity contribution in [1.82, 2.24) is 4.90 Å². The molecule has 1 aliphatic carbocycles. The summed E-state index contributed by atoms with van der Waals surface area (Å²) in [5.41, 5.74) is 6.54. The predicted octanol–water partition coefficient (Wildman–Crippen LogP) is 1.23. The van der Waals surface area contributed by atoms with Gasteiger partial charge in [0.15, 0.2) is 0 Å². The van der Waals surface area contributed by atoms with Gasteiger partial charge < -0.3 is 20.5 Å². The molecule has 0 atom stereocenters. The lowest BCUT2D eigenvalue weighted by molar-refractivity contribution is 0.0681. The van der Waals surface area contributed by atoms with Crippen LogP contribution in [0.1, 0.15) is 23.2 Å². The molecule has 0 aliphatic heterocycles. The summed E-state index contributed by atoms with van der Waals surface area (Å²) in [5, 5.41) is 9.45. The van der Waals surface area contributed by atoms with Gasteiger partial charge >= 0.3 is 0 Å². The Morgan fingerprint density at radius 3 is 2.89 bits per heavy atom. The Balaban J connectivity index is 2.19. The fourth-order valence-corrected chi connectivity index (χ4v) is 1.91. The third kappa shape index (κ3) is 2.73. The fraction of sp³-hybridized carbons (Fsp3) is 0.462. The van der Waals surface area contributed by atoms with Crippen LogP contribution >= 0.6 is 0 Å². The first kappa shape index (κ1) is 12.7. The van der Waals surface area contributed by atoms with Crippen LogP contribution in [0.25, 0.3) is 0 Å². The number of benzene rings is 1. The van der Waals surface area contributed by atoms with Crippen LogP contribution in [-0.4, -0.2) is 42.2 Å². The van der Waals surface area contributed by atoms with Crippen LogP contribution in [0.15, 0.2) is 18.2 Å². The fourth-order valence-electron chi connectivity index (χ4n) is 1.91. The average Bonchev–Trinajstić information content (AvgIpc) is 3.17. The highest BCUT2D eigenvalue weighted by Gasteiger charge is 2.33. The molecule has 18 heavy (non-hydrogen) atoms. The number of phenols is 1. The van der Waals surface area contributed by atoms with Gasteiger partial charge in [-0.25, -0.2) is 0 Å². The molecule has 0 bridgehead atoms. The molecule has 5 nitrogen and oxygen atoms in total. The van der Waals surface area contributed by atoms with E-state index in [9.17, 15) is 9.90 Å². The van der Waals surface area contributed by atoms with Gasteiger partial charge in [-0.05, 0) is 31.0 Å². The summed E-state index contributed by atoms with van der Waals surface area (Å²) < 4.78 is 5.02. The molecule has 0 radical (unpaired) electrons. The zero-order valence-electron chi connectivity index (χ0n) is 10.4. The molecule has 1 aromatic carbocycles. The van der Waals surface area contributed by atoms with Gasteiger partial charge in [0.05, 0.1) is 12.2 Å². The average molecular weight is 250 g/mol. The Morgan fingerprint density at radius 2 is 2.28 bits per heavy atom. The topological polar surface area (TPSA) is 75.8 Å². The van der Waals surface area contributed by atoms with Crippen molar-refractivity contribution in [2.45, 2.75) is 18.9 Å². The molecule has 3 N–H and O–H groups in total. The normalized spacial score (nSPS) is 14.5. The van der Waals surface area contributed by atoms with Crippen LogP contribution < -0.4 is 5.73 Å². The Kier molecular flexibility index (Phi) is 3.72. The zero-order chi connectivity index (χ0) is 13.1. The Morgan fingerprint density at radius 1 is 1.56 bits per heavy atom. The lowest BCUT2D eigenvalue weighted by Crippen LogP contribution is -2.36. The first-order valence-corrected chi connectivity index (χ1v) is 6.02. The molecule has 0 spiro atoms. The van der Waals surface area contributed by atoms with E-state index in [1.807, 2.05) is 0 Å². The summed E-state index contributed by atoms with van der Waals surface area (Å²) in [6, 6.07) is 4.72. The first-order valence-electron chi connectivity index (χ1n) is 6.02. The largest absolute Gasteiger partial charge is 0.508 e. The van der Waals surface area contributed by atoms with E-state index in [-0.39, 0.29) is 17.7 Å². The predicted molar refractivity (Wildman–Crippen MR) is 68.5 cm³/mol. The van der Waals surface area contributed by atoms with Crippen LogP contribution in [0.5, 0.6) is 5.75 Å². The highest BCUT2D eigenvalue weighted by atomic mass is 16.5. The van der Waals surface area contributed by atoms with E-state index >= 15 is 0 Å². The van der Waals surface area contributed by atoms with Crippen molar-refractivity contribution >= 4 is 11.6 Å². The molecule has 1 amide bonds. The number of hydrogen-bond donors (Lipinski definition) is 2. The van der Waals surface area contributed by atoms with Gasteiger partial charge in [0.1, 0.15) is 5.75 Å². The highest BCUT2D eigenvalue weighted by molar-refractivity contribution is 5.99. The number of aromatic hydroxyl groups is 1. The third-order valence-electron chi connectivity index (χ3n) is 3.05. The molecule has 1 saturated carbocycles. The van der Waals surface area contributed by atoms with E-state index in [2.05, 4.69) is 0 Å². The smallest absolute Gasteiger partial charge is 0.256 e. The number of hydrogen-bond acceptors (Lipinski definition) is 4. The quantitative estimate of drug-likeness (QED) is 0.608. The minimum absolute atomic E-state index is 0.0510. The van der Waals surface area contributed by atoms with E-state index in [4.69, 9.17) is 10.5 Å². The number of nitrogens with two attached hydrogens (primary N) is 1. The lowest BCUT2D eigenvalue weighted by atomic mass is 10.1. The number of ether oxygens (including phenoxy) is 1. The second-order valence-electron chi connectivity index (χ2n) is 4.49. The van der Waals surface area contributed by atoms with Crippen molar-refractivity contribution in [3.63, 3.8) is 0 Å². The van der Waals surface area contributed by atoms with Crippen molar-refractivity contribution in [2.24, 2.45) is 0 Å². The number of rotatable bonds is 5. The summed E-state index contributed by atoms with van der Waals surface area (Å²) in [6.07, 6.45) is 2.04. The Hall–Kier alpha value is -1.75. The number of anilines is 1. The van der Waals surface area contributed by atoms with Crippen LogP contribution in [0.4, 0.5) is 5.69 Å². The second-order valence-corrected chi connectivity index (χ2v) is 4.49. The maximum atomic E-state index is 12.4. The van der Waals surface area contributed by atoms with Crippen LogP contribution in [0, 0.1) is 0 Å².